The van der Waals surface area contributed by atoms with Crippen molar-refractivity contribution in [2.45, 2.75) is 52.6 Å². The van der Waals surface area contributed by atoms with Crippen LogP contribution in [0, 0.1) is 5.92 Å². The van der Waals surface area contributed by atoms with Gasteiger partial charge in [-0.25, -0.2) is 4.39 Å². The van der Waals surface area contributed by atoms with Gasteiger partial charge in [0.15, 0.2) is 0 Å². The Bertz CT molecular complexity index is 63.1. The van der Waals surface area contributed by atoms with Crippen LogP contribution in [-0.4, -0.2) is 6.17 Å². The van der Waals surface area contributed by atoms with Crippen molar-refractivity contribution in [1.29, 1.82) is 0 Å². The van der Waals surface area contributed by atoms with Crippen LogP contribution >= 0.6 is 0 Å². The van der Waals surface area contributed by atoms with Crippen molar-refractivity contribution in [1.82, 2.24) is 0 Å². The van der Waals surface area contributed by atoms with Crippen LogP contribution in [0.4, 0.5) is 4.39 Å². The van der Waals surface area contributed by atoms with E-state index < -0.39 is 6.17 Å². The summed E-state index contributed by atoms with van der Waals surface area (Å²) >= 11 is 0. The number of hydrogen-bond acceptors (Lipinski definition) is 0. The average molecular weight is 146 g/mol. The van der Waals surface area contributed by atoms with E-state index >= 15 is 0 Å². The lowest BCUT2D eigenvalue weighted by atomic mass is 10.0. The van der Waals surface area contributed by atoms with Crippen LogP contribution in [0.2, 0.25) is 0 Å². The zero-order chi connectivity index (χ0) is 7.98. The number of rotatable bonds is 1. The van der Waals surface area contributed by atoms with E-state index in [0.29, 0.717) is 5.92 Å². The summed E-state index contributed by atoms with van der Waals surface area (Å²) in [5, 5.41) is 0. The van der Waals surface area contributed by atoms with E-state index in [2.05, 4.69) is 0 Å². The maximum absolute atomic E-state index is 12.4. The van der Waals surface area contributed by atoms with Gasteiger partial charge in [-0.05, 0) is 25.7 Å². The Labute approximate surface area is 63.8 Å². The van der Waals surface area contributed by atoms with Gasteiger partial charge >= 0.3 is 0 Å². The fourth-order valence-electron chi connectivity index (χ4n) is 1.42. The van der Waals surface area contributed by atoms with Gasteiger partial charge < -0.3 is 0 Å². The molecule has 0 aliphatic heterocycles. The molecule has 0 heterocycles. The molecule has 1 rings (SSSR count). The van der Waals surface area contributed by atoms with Gasteiger partial charge in [0.25, 0.3) is 0 Å². The van der Waals surface area contributed by atoms with E-state index in [1.165, 1.54) is 12.8 Å². The Morgan fingerprint density at radius 1 is 1.20 bits per heavy atom. The van der Waals surface area contributed by atoms with Crippen molar-refractivity contribution < 1.29 is 4.39 Å². The number of halogens is 1. The molecule has 10 heavy (non-hydrogen) atoms. The van der Waals surface area contributed by atoms with Crippen LogP contribution < -0.4 is 0 Å². The molecule has 0 saturated heterocycles. The van der Waals surface area contributed by atoms with Gasteiger partial charge in [-0.1, -0.05) is 26.7 Å². The van der Waals surface area contributed by atoms with Gasteiger partial charge in [0.1, 0.15) is 6.17 Å². The summed E-state index contributed by atoms with van der Waals surface area (Å²) in [5.74, 6) is 0.398. The first-order chi connectivity index (χ1) is 4.80. The molecule has 1 unspecified atom stereocenters. The number of hydrogen-bond donors (Lipinski definition) is 0. The molecule has 0 amide bonds. The molecular formula is C9H19F. The third-order valence-corrected chi connectivity index (χ3v) is 2.05. The standard InChI is InChI=1S/C7H13F.C2H6/c1-6(8)7-4-2-3-5-7;1-2/h6-7H,2-5H2,1H3;1-2H3. The van der Waals surface area contributed by atoms with Gasteiger partial charge in [-0.2, -0.15) is 0 Å². The molecule has 0 aromatic rings. The predicted octanol–water partition coefficient (Wildman–Crippen LogP) is 3.56. The van der Waals surface area contributed by atoms with Gasteiger partial charge in [-0.15, -0.1) is 0 Å². The third-order valence-electron chi connectivity index (χ3n) is 2.05. The molecular weight excluding hydrogens is 127 g/mol. The molecule has 0 N–H and O–H groups in total. The Balaban J connectivity index is 0.000000371. The lowest BCUT2D eigenvalue weighted by Crippen LogP contribution is -2.06. The fourth-order valence-corrected chi connectivity index (χ4v) is 1.42. The molecule has 1 saturated carbocycles. The maximum atomic E-state index is 12.4. The average Bonchev–Trinajstić information content (AvgIpc) is 2.42. The topological polar surface area (TPSA) is 0 Å². The summed E-state index contributed by atoms with van der Waals surface area (Å²) in [6.45, 7) is 5.68. The van der Waals surface area contributed by atoms with Crippen molar-refractivity contribution in [2.75, 3.05) is 0 Å². The second kappa shape index (κ2) is 5.70. The number of alkyl halides is 1. The predicted molar refractivity (Wildman–Crippen MR) is 43.9 cm³/mol. The molecule has 0 spiro atoms. The summed E-state index contributed by atoms with van der Waals surface area (Å²) in [7, 11) is 0. The smallest absolute Gasteiger partial charge is 0.100 e. The lowest BCUT2D eigenvalue weighted by Gasteiger charge is -2.07. The molecule has 1 heteroatoms. The van der Waals surface area contributed by atoms with E-state index in [0.717, 1.165) is 12.8 Å². The van der Waals surface area contributed by atoms with Crippen LogP contribution in [0.25, 0.3) is 0 Å². The highest BCUT2D eigenvalue weighted by Gasteiger charge is 2.20. The molecule has 1 fully saturated rings. The first-order valence-corrected chi connectivity index (χ1v) is 4.45. The van der Waals surface area contributed by atoms with Crippen molar-refractivity contribution in [3.63, 3.8) is 0 Å². The highest BCUT2D eigenvalue weighted by atomic mass is 19.1. The molecule has 0 bridgehead atoms. The SMILES string of the molecule is CC.CC(F)C1CCCC1. The van der Waals surface area contributed by atoms with E-state index in [-0.39, 0.29) is 0 Å². The quantitative estimate of drug-likeness (QED) is 0.530. The van der Waals surface area contributed by atoms with E-state index in [1.54, 1.807) is 6.92 Å². The van der Waals surface area contributed by atoms with Crippen LogP contribution in [0.15, 0.2) is 0 Å². The summed E-state index contributed by atoms with van der Waals surface area (Å²) in [5.41, 5.74) is 0. The summed E-state index contributed by atoms with van der Waals surface area (Å²) in [4.78, 5) is 0. The second-order valence-electron chi connectivity index (χ2n) is 2.72. The van der Waals surface area contributed by atoms with Crippen LogP contribution in [0.3, 0.4) is 0 Å². The van der Waals surface area contributed by atoms with E-state index in [4.69, 9.17) is 0 Å². The van der Waals surface area contributed by atoms with Crippen LogP contribution in [-0.2, 0) is 0 Å². The third kappa shape index (κ3) is 3.19. The Hall–Kier alpha value is -0.0700. The molecule has 1 aliphatic carbocycles. The molecule has 1 aliphatic rings. The first-order valence-electron chi connectivity index (χ1n) is 4.45. The minimum absolute atomic E-state index is 0.398. The molecule has 0 aromatic heterocycles. The van der Waals surface area contributed by atoms with Gasteiger partial charge in [-0.3, -0.25) is 0 Å². The van der Waals surface area contributed by atoms with E-state index in [9.17, 15) is 4.39 Å². The van der Waals surface area contributed by atoms with Crippen LogP contribution in [0.1, 0.15) is 46.5 Å². The van der Waals surface area contributed by atoms with Gasteiger partial charge in [0, 0.05) is 0 Å². The molecule has 0 aromatic carbocycles. The Morgan fingerprint density at radius 3 is 1.80 bits per heavy atom. The zero-order valence-corrected chi connectivity index (χ0v) is 7.36. The Morgan fingerprint density at radius 2 is 1.60 bits per heavy atom. The lowest BCUT2D eigenvalue weighted by molar-refractivity contribution is 0.253. The van der Waals surface area contributed by atoms with Crippen molar-refractivity contribution in [3.8, 4) is 0 Å². The van der Waals surface area contributed by atoms with Crippen LogP contribution in [0.5, 0.6) is 0 Å². The van der Waals surface area contributed by atoms with Crippen molar-refractivity contribution in [3.05, 3.63) is 0 Å². The fraction of sp³-hybridized carbons (Fsp3) is 1.00. The van der Waals surface area contributed by atoms with Gasteiger partial charge in [0.2, 0.25) is 0 Å². The highest BCUT2D eigenvalue weighted by molar-refractivity contribution is 4.71. The molecule has 0 radical (unpaired) electrons. The van der Waals surface area contributed by atoms with E-state index in [1.807, 2.05) is 13.8 Å². The zero-order valence-electron chi connectivity index (χ0n) is 7.36. The maximum Gasteiger partial charge on any atom is 0.100 e. The highest BCUT2D eigenvalue weighted by Crippen LogP contribution is 2.28. The first kappa shape index (κ1) is 9.93. The molecule has 1 atom stereocenters. The van der Waals surface area contributed by atoms with Crippen molar-refractivity contribution >= 4 is 0 Å². The second-order valence-corrected chi connectivity index (χ2v) is 2.72. The monoisotopic (exact) mass is 146 g/mol. The summed E-state index contributed by atoms with van der Waals surface area (Å²) < 4.78 is 12.4. The molecule has 62 valence electrons. The normalized spacial score (nSPS) is 21.6. The molecule has 0 nitrogen and oxygen atoms in total. The largest absolute Gasteiger partial charge is 0.247 e. The van der Waals surface area contributed by atoms with Crippen molar-refractivity contribution in [2.24, 2.45) is 5.92 Å². The minimum atomic E-state index is -0.558. The summed E-state index contributed by atoms with van der Waals surface area (Å²) in [6, 6.07) is 0. The summed E-state index contributed by atoms with van der Waals surface area (Å²) in [6.07, 6.45) is 4.19. The Kier molecular flexibility index (Phi) is 5.66. The van der Waals surface area contributed by atoms with Gasteiger partial charge in [0.05, 0.1) is 0 Å². The minimum Gasteiger partial charge on any atom is -0.247 e.